The van der Waals surface area contributed by atoms with Crippen LogP contribution in [0.5, 0.6) is 5.75 Å². The Hall–Kier alpha value is -3.15. The zero-order valence-electron chi connectivity index (χ0n) is 20.2. The van der Waals surface area contributed by atoms with Crippen LogP contribution in [0.4, 0.5) is 5.69 Å². The molecule has 0 N–H and O–H groups in total. The topological polar surface area (TPSA) is 45.7 Å². The Morgan fingerprint density at radius 1 is 1.11 bits per heavy atom. The molecule has 1 saturated heterocycles. The summed E-state index contributed by atoms with van der Waals surface area (Å²) in [6.45, 7) is 5.67. The van der Waals surface area contributed by atoms with Crippen molar-refractivity contribution in [2.45, 2.75) is 25.2 Å². The van der Waals surface area contributed by atoms with Crippen molar-refractivity contribution in [1.82, 2.24) is 9.88 Å². The van der Waals surface area contributed by atoms with E-state index in [1.165, 1.54) is 16.7 Å². The lowest BCUT2D eigenvalue weighted by Gasteiger charge is -2.39. The number of hydrogen-bond donors (Lipinski definition) is 0. The molecule has 0 bridgehead atoms. The molecule has 1 fully saturated rings. The number of piperidine rings is 1. The third-order valence-corrected chi connectivity index (χ3v) is 7.52. The molecule has 0 saturated carbocycles. The summed E-state index contributed by atoms with van der Waals surface area (Å²) < 4.78 is 5.54. The first-order valence-electron chi connectivity index (χ1n) is 12.0. The third kappa shape index (κ3) is 4.84. The Balaban J connectivity index is 1.33. The summed E-state index contributed by atoms with van der Waals surface area (Å²) in [6.07, 6.45) is 8.01. The number of methoxy groups -OCH3 is 1. The Morgan fingerprint density at radius 3 is 2.60 bits per heavy atom. The van der Waals surface area contributed by atoms with Crippen molar-refractivity contribution in [3.8, 4) is 5.75 Å². The van der Waals surface area contributed by atoms with Gasteiger partial charge in [-0.2, -0.15) is 0 Å². The monoisotopic (exact) mass is 487 g/mol. The van der Waals surface area contributed by atoms with Gasteiger partial charge in [0.15, 0.2) is 0 Å². The number of ether oxygens (including phenoxy) is 1. The number of amides is 1. The summed E-state index contributed by atoms with van der Waals surface area (Å²) in [5.74, 6) is 0.786. The van der Waals surface area contributed by atoms with Crippen LogP contribution >= 0.6 is 11.6 Å². The average Bonchev–Trinajstić information content (AvgIpc) is 3.19. The first-order chi connectivity index (χ1) is 17.0. The molecule has 1 amide bonds. The van der Waals surface area contributed by atoms with Gasteiger partial charge < -0.3 is 9.64 Å². The van der Waals surface area contributed by atoms with Crippen molar-refractivity contribution in [1.29, 1.82) is 0 Å². The number of aryl methyl sites for hydroxylation is 1. The maximum absolute atomic E-state index is 13.5. The highest BCUT2D eigenvalue weighted by Crippen LogP contribution is 2.48. The number of anilines is 1. The summed E-state index contributed by atoms with van der Waals surface area (Å²) in [4.78, 5) is 21.9. The maximum Gasteiger partial charge on any atom is 0.258 e. The van der Waals surface area contributed by atoms with E-state index in [-0.39, 0.29) is 11.3 Å². The van der Waals surface area contributed by atoms with E-state index in [0.717, 1.165) is 43.9 Å². The lowest BCUT2D eigenvalue weighted by molar-refractivity contribution is 0.0977. The van der Waals surface area contributed by atoms with Crippen LogP contribution in [0.2, 0.25) is 5.15 Å². The van der Waals surface area contributed by atoms with Crippen molar-refractivity contribution in [3.05, 3.63) is 94.3 Å². The van der Waals surface area contributed by atoms with Crippen LogP contribution in [0.15, 0.2) is 66.9 Å². The number of carbonyl (C=O) groups is 1. The van der Waals surface area contributed by atoms with Gasteiger partial charge >= 0.3 is 0 Å². The van der Waals surface area contributed by atoms with Crippen LogP contribution in [0.1, 0.15) is 39.9 Å². The predicted molar refractivity (Wildman–Crippen MR) is 141 cm³/mol. The number of carbonyl (C=O) groups excluding carboxylic acids is 1. The number of fused-ring (bicyclic) bond motifs is 2. The van der Waals surface area contributed by atoms with Crippen molar-refractivity contribution in [3.63, 3.8) is 0 Å². The number of nitrogens with zero attached hydrogens (tertiary/aromatic N) is 3. The molecular weight excluding hydrogens is 458 g/mol. The van der Waals surface area contributed by atoms with Crippen molar-refractivity contribution in [2.24, 2.45) is 0 Å². The minimum Gasteiger partial charge on any atom is -0.497 e. The van der Waals surface area contributed by atoms with Gasteiger partial charge in [-0.3, -0.25) is 9.69 Å². The fraction of sp³-hybridized carbons (Fsp3) is 0.310. The zero-order valence-corrected chi connectivity index (χ0v) is 21.0. The molecule has 2 aliphatic heterocycles. The minimum absolute atomic E-state index is 0.0407. The standard InChI is InChI=1S/C29H30ClN3O2/c1-21-5-7-22(8-6-21)4-3-15-32-16-12-29(13-17-32)20-33(26-10-9-24(35-2)19-25(26)29)28(34)23-11-14-31-27(30)18-23/h3-11,14,18-19H,12-13,15-17,20H2,1-2H3. The van der Waals surface area contributed by atoms with Gasteiger partial charge in [0.2, 0.25) is 0 Å². The van der Waals surface area contributed by atoms with Gasteiger partial charge in [0.1, 0.15) is 10.9 Å². The second kappa shape index (κ2) is 9.84. The van der Waals surface area contributed by atoms with E-state index in [0.29, 0.717) is 17.3 Å². The van der Waals surface area contributed by atoms with Gasteiger partial charge in [-0.05, 0) is 74.3 Å². The number of rotatable bonds is 5. The fourth-order valence-electron chi connectivity index (χ4n) is 5.25. The maximum atomic E-state index is 13.5. The van der Waals surface area contributed by atoms with E-state index < -0.39 is 0 Å². The Bertz CT molecular complexity index is 1250. The van der Waals surface area contributed by atoms with E-state index in [9.17, 15) is 4.79 Å². The van der Waals surface area contributed by atoms with Gasteiger partial charge in [-0.25, -0.2) is 4.98 Å². The molecule has 5 nitrogen and oxygen atoms in total. The number of halogens is 1. The zero-order chi connectivity index (χ0) is 24.4. The summed E-state index contributed by atoms with van der Waals surface area (Å²) >= 11 is 6.07. The molecule has 6 heteroatoms. The summed E-state index contributed by atoms with van der Waals surface area (Å²) in [6, 6.07) is 18.0. The molecule has 3 aromatic rings. The van der Waals surface area contributed by atoms with E-state index in [2.05, 4.69) is 59.3 Å². The summed E-state index contributed by atoms with van der Waals surface area (Å²) in [5, 5.41) is 0.326. The molecule has 2 aromatic carbocycles. The molecule has 0 atom stereocenters. The van der Waals surface area contributed by atoms with E-state index in [4.69, 9.17) is 16.3 Å². The molecular formula is C29H30ClN3O2. The molecule has 0 aliphatic carbocycles. The highest BCUT2D eigenvalue weighted by Gasteiger charge is 2.46. The van der Waals surface area contributed by atoms with Crippen LogP contribution in [-0.2, 0) is 5.41 Å². The normalized spacial score (nSPS) is 17.2. The molecule has 3 heterocycles. The number of benzene rings is 2. The number of likely N-dealkylation sites (tertiary alicyclic amines) is 1. The van der Waals surface area contributed by atoms with Crippen LogP contribution in [0, 0.1) is 6.92 Å². The first-order valence-corrected chi connectivity index (χ1v) is 12.4. The quantitative estimate of drug-likeness (QED) is 0.429. The Kier molecular flexibility index (Phi) is 6.63. The molecule has 5 rings (SSSR count). The molecule has 35 heavy (non-hydrogen) atoms. The summed E-state index contributed by atoms with van der Waals surface area (Å²) in [7, 11) is 1.69. The largest absolute Gasteiger partial charge is 0.497 e. The van der Waals surface area contributed by atoms with Crippen molar-refractivity contribution in [2.75, 3.05) is 38.2 Å². The minimum atomic E-state index is -0.0759. The van der Waals surface area contributed by atoms with E-state index >= 15 is 0 Å². The molecule has 0 radical (unpaired) electrons. The fourth-order valence-corrected chi connectivity index (χ4v) is 5.43. The first kappa shape index (κ1) is 23.6. The average molecular weight is 488 g/mol. The van der Waals surface area contributed by atoms with Gasteiger partial charge in [-0.1, -0.05) is 53.6 Å². The number of pyridine rings is 1. The van der Waals surface area contributed by atoms with Gasteiger partial charge in [0.25, 0.3) is 5.91 Å². The molecule has 1 spiro atoms. The third-order valence-electron chi connectivity index (χ3n) is 7.31. The highest BCUT2D eigenvalue weighted by molar-refractivity contribution is 6.29. The molecule has 0 unspecified atom stereocenters. The van der Waals surface area contributed by atoms with Crippen LogP contribution in [0.25, 0.3) is 6.08 Å². The smallest absolute Gasteiger partial charge is 0.258 e. The molecule has 1 aromatic heterocycles. The number of hydrogen-bond acceptors (Lipinski definition) is 4. The molecule has 2 aliphatic rings. The lowest BCUT2D eigenvalue weighted by atomic mass is 9.74. The van der Waals surface area contributed by atoms with Crippen LogP contribution in [-0.4, -0.2) is 49.1 Å². The van der Waals surface area contributed by atoms with Gasteiger partial charge in [-0.15, -0.1) is 0 Å². The highest BCUT2D eigenvalue weighted by atomic mass is 35.5. The number of aromatic nitrogens is 1. The van der Waals surface area contributed by atoms with Crippen LogP contribution in [0.3, 0.4) is 0 Å². The van der Waals surface area contributed by atoms with Gasteiger partial charge in [0.05, 0.1) is 7.11 Å². The second-order valence-electron chi connectivity index (χ2n) is 9.54. The Labute approximate surface area is 212 Å². The van der Waals surface area contributed by atoms with E-state index in [1.54, 1.807) is 25.4 Å². The Morgan fingerprint density at radius 2 is 1.89 bits per heavy atom. The van der Waals surface area contributed by atoms with Gasteiger partial charge in [0, 0.05) is 36.0 Å². The lowest BCUT2D eigenvalue weighted by Crippen LogP contribution is -2.46. The van der Waals surface area contributed by atoms with Crippen molar-refractivity contribution < 1.29 is 9.53 Å². The SMILES string of the molecule is COc1ccc2c(c1)C1(CCN(CC=Cc3ccc(C)cc3)CC1)CN2C(=O)c1ccnc(Cl)c1. The predicted octanol–water partition coefficient (Wildman–Crippen LogP) is 5.76. The summed E-state index contributed by atoms with van der Waals surface area (Å²) in [5.41, 5.74) is 5.16. The van der Waals surface area contributed by atoms with Crippen LogP contribution < -0.4 is 9.64 Å². The second-order valence-corrected chi connectivity index (χ2v) is 9.92. The van der Waals surface area contributed by atoms with Crippen molar-refractivity contribution >= 4 is 29.3 Å². The molecule has 180 valence electrons. The van der Waals surface area contributed by atoms with E-state index in [1.807, 2.05) is 17.0 Å².